The number of rotatable bonds is 7. The zero-order valence-electron chi connectivity index (χ0n) is 18.7. The summed E-state index contributed by atoms with van der Waals surface area (Å²) in [5, 5.41) is -0.562. The molecule has 2 atom stereocenters. The Morgan fingerprint density at radius 1 is 1.15 bits per heavy atom. The lowest BCUT2D eigenvalue weighted by Gasteiger charge is -2.33. The number of carbonyl (C=O) groups excluding carboxylic acids is 1. The fraction of sp³-hybridized carbons (Fsp3) is 0.280. The third-order valence-electron chi connectivity index (χ3n) is 6.02. The minimum absolute atomic E-state index is 0.153. The zero-order chi connectivity index (χ0) is 23.6. The number of allylic oxidation sites excluding steroid dienone is 3. The lowest BCUT2D eigenvalue weighted by Crippen LogP contribution is -2.45. The number of anilines is 1. The van der Waals surface area contributed by atoms with Crippen molar-refractivity contribution in [2.75, 3.05) is 4.72 Å². The van der Waals surface area contributed by atoms with Gasteiger partial charge in [-0.05, 0) is 43.5 Å². The highest BCUT2D eigenvalue weighted by Crippen LogP contribution is 2.43. The summed E-state index contributed by atoms with van der Waals surface area (Å²) in [4.78, 5) is 20.1. The predicted octanol–water partition coefficient (Wildman–Crippen LogP) is 3.52. The van der Waals surface area contributed by atoms with Crippen molar-refractivity contribution in [3.8, 4) is 0 Å². The van der Waals surface area contributed by atoms with Crippen molar-refractivity contribution in [1.29, 1.82) is 0 Å². The van der Waals surface area contributed by atoms with E-state index in [9.17, 15) is 13.2 Å². The van der Waals surface area contributed by atoms with Crippen LogP contribution >= 0.6 is 0 Å². The van der Waals surface area contributed by atoms with Gasteiger partial charge in [0, 0.05) is 11.6 Å². The van der Waals surface area contributed by atoms with E-state index in [4.69, 9.17) is 10.7 Å². The van der Waals surface area contributed by atoms with Gasteiger partial charge in [0.05, 0.1) is 11.8 Å². The fourth-order valence-corrected chi connectivity index (χ4v) is 4.87. The second kappa shape index (κ2) is 8.86. The minimum atomic E-state index is -3.48. The Balaban J connectivity index is 1.65. The highest BCUT2D eigenvalue weighted by molar-refractivity contribution is 7.93. The Labute approximate surface area is 194 Å². The van der Waals surface area contributed by atoms with Crippen molar-refractivity contribution in [2.24, 2.45) is 16.6 Å². The number of nitrogens with two attached hydrogens (primary N) is 1. The minimum Gasteiger partial charge on any atom is -0.369 e. The van der Waals surface area contributed by atoms with Gasteiger partial charge in [0.1, 0.15) is 0 Å². The molecule has 172 valence electrons. The molecule has 0 aromatic heterocycles. The van der Waals surface area contributed by atoms with Crippen LogP contribution in [0, 0.1) is 5.92 Å². The molecule has 2 aromatic carbocycles. The Morgan fingerprint density at radius 3 is 2.58 bits per heavy atom. The summed E-state index contributed by atoms with van der Waals surface area (Å²) in [6.07, 6.45) is 8.61. The first-order valence-corrected chi connectivity index (χ1v) is 12.5. The highest BCUT2D eigenvalue weighted by Gasteiger charge is 2.53. The van der Waals surface area contributed by atoms with Gasteiger partial charge in [0.2, 0.25) is 10.0 Å². The molecule has 1 amide bonds. The van der Waals surface area contributed by atoms with Crippen molar-refractivity contribution >= 4 is 27.6 Å². The Kier molecular flexibility index (Phi) is 6.12. The Morgan fingerprint density at radius 2 is 1.91 bits per heavy atom. The number of carbonyl (C=O) groups is 1. The second-order valence-corrected chi connectivity index (χ2v) is 10.8. The van der Waals surface area contributed by atoms with E-state index >= 15 is 0 Å². The van der Waals surface area contributed by atoms with E-state index in [-0.39, 0.29) is 24.3 Å². The average Bonchev–Trinajstić information content (AvgIpc) is 3.06. The first kappa shape index (κ1) is 22.8. The van der Waals surface area contributed by atoms with Gasteiger partial charge in [-0.2, -0.15) is 0 Å². The zero-order valence-corrected chi connectivity index (χ0v) is 19.5. The van der Waals surface area contributed by atoms with E-state index in [0.29, 0.717) is 12.1 Å². The van der Waals surface area contributed by atoms with E-state index < -0.39 is 20.8 Å². The number of nitrogens with one attached hydrogen (secondary N) is 1. The van der Waals surface area contributed by atoms with Gasteiger partial charge in [-0.1, -0.05) is 66.8 Å². The van der Waals surface area contributed by atoms with Gasteiger partial charge in [-0.15, -0.1) is 0 Å². The summed E-state index contributed by atoms with van der Waals surface area (Å²) in [6, 6.07) is 16.5. The molecule has 1 heterocycles. The van der Waals surface area contributed by atoms with E-state index in [2.05, 4.69) is 4.72 Å². The van der Waals surface area contributed by atoms with Crippen molar-refractivity contribution < 1.29 is 13.2 Å². The summed E-state index contributed by atoms with van der Waals surface area (Å²) >= 11 is 0. The van der Waals surface area contributed by atoms with E-state index in [0.717, 1.165) is 11.1 Å². The molecule has 0 spiro atoms. The first-order chi connectivity index (χ1) is 15.7. The van der Waals surface area contributed by atoms with Gasteiger partial charge >= 0.3 is 0 Å². The molecule has 0 bridgehead atoms. The number of benzene rings is 2. The van der Waals surface area contributed by atoms with Crippen molar-refractivity contribution in [3.05, 3.63) is 90.0 Å². The van der Waals surface area contributed by atoms with Crippen molar-refractivity contribution in [2.45, 2.75) is 37.6 Å². The summed E-state index contributed by atoms with van der Waals surface area (Å²) in [5.74, 6) is -0.200. The van der Waals surface area contributed by atoms with Gasteiger partial charge in [-0.25, -0.2) is 13.4 Å². The molecule has 8 heteroatoms. The first-order valence-electron chi connectivity index (χ1n) is 10.9. The average molecular weight is 465 g/mol. The highest BCUT2D eigenvalue weighted by atomic mass is 32.2. The molecule has 0 saturated heterocycles. The van der Waals surface area contributed by atoms with E-state index in [1.54, 1.807) is 32.0 Å². The van der Waals surface area contributed by atoms with Gasteiger partial charge in [0.15, 0.2) is 11.5 Å². The summed E-state index contributed by atoms with van der Waals surface area (Å²) < 4.78 is 27.1. The molecule has 2 aromatic rings. The fourth-order valence-electron chi connectivity index (χ4n) is 4.18. The molecule has 0 saturated carbocycles. The van der Waals surface area contributed by atoms with Gasteiger partial charge in [-0.3, -0.25) is 14.4 Å². The molecule has 7 nitrogen and oxygen atoms in total. The second-order valence-electron chi connectivity index (χ2n) is 8.55. The Bertz CT molecular complexity index is 1240. The van der Waals surface area contributed by atoms with Gasteiger partial charge < -0.3 is 5.73 Å². The van der Waals surface area contributed by atoms with Crippen LogP contribution in [0.5, 0.6) is 0 Å². The molecule has 4 rings (SSSR count). The maximum absolute atomic E-state index is 13.9. The molecule has 1 aliphatic heterocycles. The van der Waals surface area contributed by atoms with Crippen LogP contribution in [0.1, 0.15) is 31.4 Å². The van der Waals surface area contributed by atoms with Crippen LogP contribution in [-0.4, -0.2) is 30.4 Å². The summed E-state index contributed by atoms with van der Waals surface area (Å²) in [6.45, 7) is 3.42. The standard InChI is InChI=1S/C25H28N4O3S/c1-18(2)33(31,32)28-22-15-9-10-19(16-22)17-29-23(30)25(27-24(29)26,20-11-5-3-6-12-20)21-13-7-4-8-14-21/h3-13,15-16,18,21,28H,14,17H2,1-2H3,(H2,26,27). The monoisotopic (exact) mass is 464 g/mol. The third kappa shape index (κ3) is 4.30. The van der Waals surface area contributed by atoms with Crippen LogP contribution in [0.4, 0.5) is 5.69 Å². The van der Waals surface area contributed by atoms with Crippen LogP contribution in [-0.2, 0) is 26.9 Å². The Hall–Kier alpha value is -3.39. The SMILES string of the molecule is CC(C)S(=O)(=O)Nc1cccc(CN2C(=O)C(c3ccccc3)(C3C=CC=CC3)N=C2N)c1. The predicted molar refractivity (Wildman–Crippen MR) is 131 cm³/mol. The van der Waals surface area contributed by atoms with Crippen LogP contribution in [0.3, 0.4) is 0 Å². The number of hydrogen-bond acceptors (Lipinski definition) is 5. The van der Waals surface area contributed by atoms with Crippen molar-refractivity contribution in [3.63, 3.8) is 0 Å². The van der Waals surface area contributed by atoms with Crippen LogP contribution in [0.2, 0.25) is 0 Å². The van der Waals surface area contributed by atoms with Crippen LogP contribution in [0.25, 0.3) is 0 Å². The van der Waals surface area contributed by atoms with Crippen LogP contribution < -0.4 is 10.5 Å². The number of nitrogens with zero attached hydrogens (tertiary/aromatic N) is 2. The van der Waals surface area contributed by atoms with Gasteiger partial charge in [0.25, 0.3) is 5.91 Å². The van der Waals surface area contributed by atoms with Crippen LogP contribution in [0.15, 0.2) is 83.9 Å². The topological polar surface area (TPSA) is 105 Å². The molecular formula is C25H28N4O3S. The molecule has 2 unspecified atom stereocenters. The third-order valence-corrected chi connectivity index (χ3v) is 7.78. The maximum Gasteiger partial charge on any atom is 0.262 e. The number of hydrogen-bond donors (Lipinski definition) is 2. The lowest BCUT2D eigenvalue weighted by atomic mass is 9.75. The van der Waals surface area contributed by atoms with E-state index in [1.807, 2.05) is 60.7 Å². The lowest BCUT2D eigenvalue weighted by molar-refractivity contribution is -0.133. The molecule has 0 radical (unpaired) electrons. The molecule has 33 heavy (non-hydrogen) atoms. The number of sulfonamides is 1. The molecule has 2 aliphatic rings. The molecular weight excluding hydrogens is 436 g/mol. The maximum atomic E-state index is 13.9. The number of amides is 1. The molecule has 1 aliphatic carbocycles. The molecule has 3 N–H and O–H groups in total. The summed E-state index contributed by atoms with van der Waals surface area (Å²) in [7, 11) is -3.48. The number of aliphatic imine (C=N–C) groups is 1. The normalized spacial score (nSPS) is 22.6. The largest absolute Gasteiger partial charge is 0.369 e. The number of guanidine groups is 1. The van der Waals surface area contributed by atoms with E-state index in [1.165, 1.54) is 4.90 Å². The quantitative estimate of drug-likeness (QED) is 0.654. The van der Waals surface area contributed by atoms with Crippen molar-refractivity contribution in [1.82, 2.24) is 4.90 Å². The molecule has 0 fully saturated rings. The summed E-state index contributed by atoms with van der Waals surface area (Å²) in [5.41, 5.74) is 7.16. The smallest absolute Gasteiger partial charge is 0.262 e.